The van der Waals surface area contributed by atoms with E-state index < -0.39 is 0 Å². The SMILES string of the molecule is CCCCCCCCCN(NC1C=Cc2ccccc21)c1ccccc1. The topological polar surface area (TPSA) is 15.3 Å². The van der Waals surface area contributed by atoms with Crippen LogP contribution in [0.25, 0.3) is 6.08 Å². The highest BCUT2D eigenvalue weighted by Crippen LogP contribution is 2.29. The van der Waals surface area contributed by atoms with Crippen molar-refractivity contribution in [2.45, 2.75) is 57.9 Å². The van der Waals surface area contributed by atoms with Gasteiger partial charge in [-0.15, -0.1) is 0 Å². The van der Waals surface area contributed by atoms with Crippen LogP contribution >= 0.6 is 0 Å². The van der Waals surface area contributed by atoms with E-state index in [1.165, 1.54) is 61.8 Å². The number of nitrogens with zero attached hydrogens (tertiary/aromatic N) is 1. The molecule has 0 saturated carbocycles. The quantitative estimate of drug-likeness (QED) is 0.367. The normalized spacial score (nSPS) is 15.2. The van der Waals surface area contributed by atoms with Crippen LogP contribution in [-0.2, 0) is 0 Å². The molecule has 2 aromatic rings. The van der Waals surface area contributed by atoms with E-state index in [0.717, 1.165) is 6.54 Å². The molecule has 1 aliphatic carbocycles. The van der Waals surface area contributed by atoms with Crippen molar-refractivity contribution in [2.24, 2.45) is 0 Å². The van der Waals surface area contributed by atoms with Gasteiger partial charge in [-0.05, 0) is 29.7 Å². The van der Waals surface area contributed by atoms with Crippen LogP contribution in [0.2, 0.25) is 0 Å². The number of benzene rings is 2. The molecule has 26 heavy (non-hydrogen) atoms. The van der Waals surface area contributed by atoms with Crippen molar-refractivity contribution in [3.05, 3.63) is 71.8 Å². The molecule has 2 heteroatoms. The summed E-state index contributed by atoms with van der Waals surface area (Å²) < 4.78 is 0. The molecule has 138 valence electrons. The van der Waals surface area contributed by atoms with Crippen LogP contribution < -0.4 is 10.4 Å². The number of anilines is 1. The number of nitrogens with one attached hydrogen (secondary N) is 1. The van der Waals surface area contributed by atoms with Gasteiger partial charge in [0.05, 0.1) is 11.7 Å². The van der Waals surface area contributed by atoms with Gasteiger partial charge in [0, 0.05) is 6.54 Å². The number of hydrogen-bond donors (Lipinski definition) is 1. The van der Waals surface area contributed by atoms with Crippen molar-refractivity contribution in [3.8, 4) is 0 Å². The third-order valence-electron chi connectivity index (χ3n) is 5.15. The second-order valence-corrected chi connectivity index (χ2v) is 7.20. The van der Waals surface area contributed by atoms with Crippen molar-refractivity contribution in [1.82, 2.24) is 5.43 Å². The summed E-state index contributed by atoms with van der Waals surface area (Å²) in [5, 5.41) is 2.34. The highest BCUT2D eigenvalue weighted by atomic mass is 15.5. The molecule has 1 aliphatic rings. The van der Waals surface area contributed by atoms with Gasteiger partial charge in [0.2, 0.25) is 0 Å². The Bertz CT molecular complexity index is 678. The van der Waals surface area contributed by atoms with Crippen molar-refractivity contribution >= 4 is 11.8 Å². The number of fused-ring (bicyclic) bond motifs is 1. The Morgan fingerprint density at radius 1 is 0.808 bits per heavy atom. The van der Waals surface area contributed by atoms with Gasteiger partial charge in [0.15, 0.2) is 0 Å². The summed E-state index contributed by atoms with van der Waals surface area (Å²) in [6.07, 6.45) is 13.9. The van der Waals surface area contributed by atoms with E-state index in [1.807, 2.05) is 0 Å². The lowest BCUT2D eigenvalue weighted by Gasteiger charge is -2.29. The summed E-state index contributed by atoms with van der Waals surface area (Å²) in [6.45, 7) is 3.32. The molecule has 0 saturated heterocycles. The average Bonchev–Trinajstić information content (AvgIpc) is 3.10. The standard InChI is InChI=1S/C24H32N2/c1-2-3-4-5-6-7-13-20-26(22-15-9-8-10-16-22)25-24-19-18-21-14-11-12-17-23(21)24/h8-12,14-19,24-25H,2-7,13,20H2,1H3. The molecule has 1 atom stereocenters. The van der Waals surface area contributed by atoms with Crippen molar-refractivity contribution in [2.75, 3.05) is 11.6 Å². The van der Waals surface area contributed by atoms with Gasteiger partial charge in [-0.1, -0.05) is 100 Å². The van der Waals surface area contributed by atoms with E-state index in [9.17, 15) is 0 Å². The lowest BCUT2D eigenvalue weighted by molar-refractivity contribution is 0.534. The first-order valence-electron chi connectivity index (χ1n) is 10.2. The third-order valence-corrected chi connectivity index (χ3v) is 5.15. The van der Waals surface area contributed by atoms with Gasteiger partial charge in [0.1, 0.15) is 0 Å². The molecule has 0 aromatic heterocycles. The molecular formula is C24H32N2. The molecule has 0 spiro atoms. The zero-order valence-electron chi connectivity index (χ0n) is 16.0. The maximum atomic E-state index is 3.75. The smallest absolute Gasteiger partial charge is 0.0702 e. The third kappa shape index (κ3) is 5.22. The molecule has 3 rings (SSSR count). The number of para-hydroxylation sites is 1. The largest absolute Gasteiger partial charge is 0.308 e. The zero-order valence-corrected chi connectivity index (χ0v) is 16.0. The van der Waals surface area contributed by atoms with E-state index in [-0.39, 0.29) is 6.04 Å². The Labute approximate surface area is 158 Å². The van der Waals surface area contributed by atoms with E-state index in [0.29, 0.717) is 0 Å². The minimum atomic E-state index is 0.260. The Balaban J connectivity index is 1.56. The minimum Gasteiger partial charge on any atom is -0.308 e. The summed E-state index contributed by atoms with van der Waals surface area (Å²) in [5.41, 5.74) is 7.69. The first-order valence-corrected chi connectivity index (χ1v) is 10.2. The van der Waals surface area contributed by atoms with Crippen LogP contribution in [-0.4, -0.2) is 6.54 Å². The first-order chi connectivity index (χ1) is 12.9. The Hall–Kier alpha value is -2.06. The molecule has 1 N–H and O–H groups in total. The summed E-state index contributed by atoms with van der Waals surface area (Å²) in [6, 6.07) is 19.6. The predicted octanol–water partition coefficient (Wildman–Crippen LogP) is 6.52. The van der Waals surface area contributed by atoms with Gasteiger partial charge in [-0.25, -0.2) is 5.43 Å². The van der Waals surface area contributed by atoms with Crippen LogP contribution in [0.1, 0.15) is 69.0 Å². The molecule has 0 aliphatic heterocycles. The molecule has 0 radical (unpaired) electrons. The summed E-state index contributed by atoms with van der Waals surface area (Å²) in [7, 11) is 0. The molecule has 1 unspecified atom stereocenters. The molecule has 2 nitrogen and oxygen atoms in total. The van der Waals surface area contributed by atoms with Crippen LogP contribution in [0, 0.1) is 0 Å². The van der Waals surface area contributed by atoms with Gasteiger partial charge in [-0.3, -0.25) is 0 Å². The molecule has 0 fully saturated rings. The lowest BCUT2D eigenvalue weighted by atomic mass is 10.1. The van der Waals surface area contributed by atoms with Crippen molar-refractivity contribution in [3.63, 3.8) is 0 Å². The average molecular weight is 349 g/mol. The summed E-state index contributed by atoms with van der Waals surface area (Å²) >= 11 is 0. The van der Waals surface area contributed by atoms with Crippen LogP contribution in [0.5, 0.6) is 0 Å². The maximum absolute atomic E-state index is 3.75. The number of rotatable bonds is 11. The molecule has 0 amide bonds. The van der Waals surface area contributed by atoms with E-state index in [4.69, 9.17) is 0 Å². The minimum absolute atomic E-state index is 0.260. The predicted molar refractivity (Wildman–Crippen MR) is 113 cm³/mol. The Morgan fingerprint density at radius 3 is 2.31 bits per heavy atom. The molecule has 0 bridgehead atoms. The monoisotopic (exact) mass is 348 g/mol. The Morgan fingerprint density at radius 2 is 1.50 bits per heavy atom. The molecule has 2 aromatic carbocycles. The second kappa shape index (κ2) is 10.2. The van der Waals surface area contributed by atoms with Crippen LogP contribution in [0.15, 0.2) is 60.7 Å². The van der Waals surface area contributed by atoms with Gasteiger partial charge < -0.3 is 5.01 Å². The lowest BCUT2D eigenvalue weighted by Crippen LogP contribution is -2.40. The highest BCUT2D eigenvalue weighted by molar-refractivity contribution is 5.62. The second-order valence-electron chi connectivity index (χ2n) is 7.20. The van der Waals surface area contributed by atoms with Gasteiger partial charge in [-0.2, -0.15) is 0 Å². The first kappa shape index (κ1) is 18.7. The zero-order chi connectivity index (χ0) is 18.0. The van der Waals surface area contributed by atoms with Gasteiger partial charge in [0.25, 0.3) is 0 Å². The van der Waals surface area contributed by atoms with E-state index in [1.54, 1.807) is 0 Å². The molecule has 0 heterocycles. The van der Waals surface area contributed by atoms with Crippen LogP contribution in [0.3, 0.4) is 0 Å². The van der Waals surface area contributed by atoms with Crippen molar-refractivity contribution in [1.29, 1.82) is 0 Å². The number of hydrazine groups is 1. The fourth-order valence-electron chi connectivity index (χ4n) is 3.63. The maximum Gasteiger partial charge on any atom is 0.0702 e. The van der Waals surface area contributed by atoms with Crippen molar-refractivity contribution < 1.29 is 0 Å². The fraction of sp³-hybridized carbons (Fsp3) is 0.417. The van der Waals surface area contributed by atoms with E-state index >= 15 is 0 Å². The summed E-state index contributed by atoms with van der Waals surface area (Å²) in [4.78, 5) is 0. The summed E-state index contributed by atoms with van der Waals surface area (Å²) in [5.74, 6) is 0. The van der Waals surface area contributed by atoms with Crippen LogP contribution in [0.4, 0.5) is 5.69 Å². The number of hydrogen-bond acceptors (Lipinski definition) is 2. The Kier molecular flexibility index (Phi) is 7.33. The molecular weight excluding hydrogens is 316 g/mol. The highest BCUT2D eigenvalue weighted by Gasteiger charge is 2.19. The fourth-order valence-corrected chi connectivity index (χ4v) is 3.63. The van der Waals surface area contributed by atoms with Gasteiger partial charge >= 0.3 is 0 Å². The number of unbranched alkanes of at least 4 members (excludes halogenated alkanes) is 6. The van der Waals surface area contributed by atoms with E-state index in [2.05, 4.69) is 84.1 Å².